The van der Waals surface area contributed by atoms with Crippen molar-refractivity contribution < 1.29 is 14.6 Å². The van der Waals surface area contributed by atoms with E-state index >= 15 is 0 Å². The number of phenolic OH excluding ortho intramolecular Hbond substituents is 1. The number of hydrogen-bond acceptors (Lipinski definition) is 4. The molecule has 1 saturated heterocycles. The molecule has 3 rings (SSSR count). The number of phenols is 1. The van der Waals surface area contributed by atoms with E-state index in [1.165, 1.54) is 5.56 Å². The molecule has 2 atom stereocenters. The third-order valence-electron chi connectivity index (χ3n) is 4.73. The Morgan fingerprint density at radius 2 is 2.04 bits per heavy atom. The molecule has 1 fully saturated rings. The van der Waals surface area contributed by atoms with Crippen LogP contribution < -0.4 is 4.74 Å². The van der Waals surface area contributed by atoms with Gasteiger partial charge in [-0.15, -0.1) is 0 Å². The summed E-state index contributed by atoms with van der Waals surface area (Å²) in [4.78, 5) is 2.48. The van der Waals surface area contributed by atoms with Gasteiger partial charge in [-0.3, -0.25) is 4.90 Å². The van der Waals surface area contributed by atoms with Crippen LogP contribution in [0, 0.1) is 0 Å². The Bertz CT molecular complexity index is 597. The Kier molecular flexibility index (Phi) is 4.51. The maximum Gasteiger partial charge on any atom is 0.177 e. The van der Waals surface area contributed by atoms with Crippen LogP contribution in [0.4, 0.5) is 0 Å². The zero-order valence-corrected chi connectivity index (χ0v) is 15.1. The van der Waals surface area contributed by atoms with Crippen LogP contribution in [-0.4, -0.2) is 41.9 Å². The standard InChI is InChI=1S/C18H26ClNO3/c1-18(2,3)23-11-5-6-14-13-9-15(22-4)17(21)16(19)12(13)7-8-20(14)10-11/h9,11,14,21H,5-8,10H2,1-4H3. The fourth-order valence-corrected chi connectivity index (χ4v) is 4.14. The van der Waals surface area contributed by atoms with Crippen molar-refractivity contribution in [1.29, 1.82) is 0 Å². The molecule has 2 aliphatic heterocycles. The summed E-state index contributed by atoms with van der Waals surface area (Å²) in [5, 5.41) is 10.6. The van der Waals surface area contributed by atoms with Crippen LogP contribution in [0.15, 0.2) is 6.07 Å². The molecule has 5 heteroatoms. The van der Waals surface area contributed by atoms with Crippen molar-refractivity contribution in [3.8, 4) is 11.5 Å². The molecular formula is C18H26ClNO3. The zero-order valence-electron chi connectivity index (χ0n) is 14.4. The van der Waals surface area contributed by atoms with Gasteiger partial charge >= 0.3 is 0 Å². The van der Waals surface area contributed by atoms with Gasteiger partial charge in [-0.2, -0.15) is 0 Å². The fourth-order valence-electron chi connectivity index (χ4n) is 3.84. The van der Waals surface area contributed by atoms with Crippen LogP contribution in [0.1, 0.15) is 50.8 Å². The lowest BCUT2D eigenvalue weighted by Gasteiger charge is -2.45. The lowest BCUT2D eigenvalue weighted by Crippen LogP contribution is -2.47. The Hall–Kier alpha value is -0.970. The largest absolute Gasteiger partial charge is 0.503 e. The van der Waals surface area contributed by atoms with E-state index in [9.17, 15) is 5.11 Å². The van der Waals surface area contributed by atoms with Crippen LogP contribution >= 0.6 is 11.6 Å². The molecule has 0 aromatic heterocycles. The Balaban J connectivity index is 1.85. The summed E-state index contributed by atoms with van der Waals surface area (Å²) in [5.74, 6) is 0.523. The minimum atomic E-state index is -0.108. The van der Waals surface area contributed by atoms with Crippen LogP contribution in [0.25, 0.3) is 0 Å². The first-order valence-corrected chi connectivity index (χ1v) is 8.68. The number of benzene rings is 1. The maximum absolute atomic E-state index is 10.1. The van der Waals surface area contributed by atoms with Crippen molar-refractivity contribution in [2.75, 3.05) is 20.2 Å². The molecule has 1 N–H and O–H groups in total. The first-order chi connectivity index (χ1) is 10.8. The lowest BCUT2D eigenvalue weighted by molar-refractivity contribution is -0.0971. The molecule has 128 valence electrons. The van der Waals surface area contributed by atoms with E-state index in [0.717, 1.165) is 37.9 Å². The average molecular weight is 340 g/mol. The SMILES string of the molecule is COc1cc2c(c(Cl)c1O)CCN1CC(OC(C)(C)C)CCC21. The van der Waals surface area contributed by atoms with E-state index in [4.69, 9.17) is 21.1 Å². The number of fused-ring (bicyclic) bond motifs is 3. The molecule has 2 aliphatic rings. The molecule has 1 aromatic carbocycles. The van der Waals surface area contributed by atoms with Crippen molar-refractivity contribution in [1.82, 2.24) is 4.90 Å². The molecule has 0 spiro atoms. The highest BCUT2D eigenvalue weighted by Gasteiger charge is 2.36. The second-order valence-corrected chi connectivity index (χ2v) is 7.88. The molecule has 0 bridgehead atoms. The highest BCUT2D eigenvalue weighted by molar-refractivity contribution is 6.33. The maximum atomic E-state index is 10.1. The number of methoxy groups -OCH3 is 1. The third kappa shape index (κ3) is 3.30. The normalized spacial score (nSPS) is 24.9. The van der Waals surface area contributed by atoms with E-state index in [1.54, 1.807) is 7.11 Å². The smallest absolute Gasteiger partial charge is 0.177 e. The van der Waals surface area contributed by atoms with E-state index < -0.39 is 0 Å². The highest BCUT2D eigenvalue weighted by atomic mass is 35.5. The number of aromatic hydroxyl groups is 1. The summed E-state index contributed by atoms with van der Waals surface area (Å²) >= 11 is 6.37. The van der Waals surface area contributed by atoms with Gasteiger partial charge in [-0.05, 0) is 57.2 Å². The third-order valence-corrected chi connectivity index (χ3v) is 5.14. The van der Waals surface area contributed by atoms with Gasteiger partial charge in [0, 0.05) is 19.1 Å². The first-order valence-electron chi connectivity index (χ1n) is 8.30. The molecule has 2 heterocycles. The number of ether oxygens (including phenoxy) is 2. The summed E-state index contributed by atoms with van der Waals surface area (Å²) in [5.41, 5.74) is 2.16. The van der Waals surface area contributed by atoms with E-state index in [2.05, 4.69) is 25.7 Å². The molecule has 0 amide bonds. The second kappa shape index (κ2) is 6.15. The zero-order chi connectivity index (χ0) is 16.8. The van der Waals surface area contributed by atoms with Gasteiger partial charge in [0.1, 0.15) is 0 Å². The number of piperidine rings is 1. The Labute approximate surface area is 143 Å². The van der Waals surface area contributed by atoms with Crippen LogP contribution in [-0.2, 0) is 11.2 Å². The quantitative estimate of drug-likeness (QED) is 0.886. The summed E-state index contributed by atoms with van der Waals surface area (Å²) in [7, 11) is 1.56. The van der Waals surface area contributed by atoms with Gasteiger partial charge in [0.15, 0.2) is 11.5 Å². The first kappa shape index (κ1) is 16.9. The minimum Gasteiger partial charge on any atom is -0.503 e. The minimum absolute atomic E-state index is 0.0612. The van der Waals surface area contributed by atoms with Gasteiger partial charge in [0.05, 0.1) is 23.8 Å². The molecule has 0 saturated carbocycles. The predicted octanol–water partition coefficient (Wildman–Crippen LogP) is 3.93. The van der Waals surface area contributed by atoms with Crippen molar-refractivity contribution >= 4 is 11.6 Å². The highest BCUT2D eigenvalue weighted by Crippen LogP contribution is 2.46. The van der Waals surface area contributed by atoms with E-state index in [1.807, 2.05) is 6.07 Å². The summed E-state index contributed by atoms with van der Waals surface area (Å²) < 4.78 is 11.5. The van der Waals surface area contributed by atoms with Crippen molar-refractivity contribution in [3.63, 3.8) is 0 Å². The van der Waals surface area contributed by atoms with Crippen LogP contribution in [0.2, 0.25) is 5.02 Å². The van der Waals surface area contributed by atoms with Gasteiger partial charge in [-0.1, -0.05) is 11.6 Å². The molecule has 0 radical (unpaired) electrons. The Morgan fingerprint density at radius 3 is 2.70 bits per heavy atom. The summed E-state index contributed by atoms with van der Waals surface area (Å²) in [6, 6.07) is 2.30. The van der Waals surface area contributed by atoms with Crippen molar-refractivity contribution in [2.24, 2.45) is 0 Å². The number of halogens is 1. The number of nitrogens with zero attached hydrogens (tertiary/aromatic N) is 1. The average Bonchev–Trinajstić information content (AvgIpc) is 2.48. The molecule has 1 aromatic rings. The second-order valence-electron chi connectivity index (χ2n) is 7.50. The van der Waals surface area contributed by atoms with E-state index in [-0.39, 0.29) is 17.5 Å². The van der Waals surface area contributed by atoms with Crippen LogP contribution in [0.3, 0.4) is 0 Å². The summed E-state index contributed by atoms with van der Waals surface area (Å²) in [6.45, 7) is 8.23. The van der Waals surface area contributed by atoms with Crippen molar-refractivity contribution in [3.05, 3.63) is 22.2 Å². The number of rotatable bonds is 2. The van der Waals surface area contributed by atoms with Gasteiger partial charge in [0.2, 0.25) is 0 Å². The lowest BCUT2D eigenvalue weighted by atomic mass is 9.85. The molecule has 2 unspecified atom stereocenters. The van der Waals surface area contributed by atoms with Crippen LogP contribution in [0.5, 0.6) is 11.5 Å². The number of hydrogen-bond donors (Lipinski definition) is 1. The molecule has 23 heavy (non-hydrogen) atoms. The molecule has 4 nitrogen and oxygen atoms in total. The molecule has 0 aliphatic carbocycles. The van der Waals surface area contributed by atoms with Gasteiger partial charge in [0.25, 0.3) is 0 Å². The predicted molar refractivity (Wildman–Crippen MR) is 91.5 cm³/mol. The topological polar surface area (TPSA) is 41.9 Å². The summed E-state index contributed by atoms with van der Waals surface area (Å²) in [6.07, 6.45) is 3.21. The van der Waals surface area contributed by atoms with E-state index in [0.29, 0.717) is 16.8 Å². The Morgan fingerprint density at radius 1 is 1.30 bits per heavy atom. The van der Waals surface area contributed by atoms with Gasteiger partial charge < -0.3 is 14.6 Å². The van der Waals surface area contributed by atoms with Crippen molar-refractivity contribution in [2.45, 2.75) is 57.8 Å². The monoisotopic (exact) mass is 339 g/mol. The molecular weight excluding hydrogens is 314 g/mol. The fraction of sp³-hybridized carbons (Fsp3) is 0.667. The van der Waals surface area contributed by atoms with Gasteiger partial charge in [-0.25, -0.2) is 0 Å².